The zero-order valence-corrected chi connectivity index (χ0v) is 15.0. The molecular formula is C17H26BrN3O. The van der Waals surface area contributed by atoms with Crippen molar-refractivity contribution in [1.29, 1.82) is 0 Å². The molecule has 1 heterocycles. The Labute approximate surface area is 141 Å². The van der Waals surface area contributed by atoms with Gasteiger partial charge < -0.3 is 16.0 Å². The summed E-state index contributed by atoms with van der Waals surface area (Å²) in [5, 5.41) is 2.98. The summed E-state index contributed by atoms with van der Waals surface area (Å²) < 4.78 is 0.978. The number of carbonyl (C=O) groups is 1. The number of amides is 1. The number of nitrogens with one attached hydrogen (secondary N) is 1. The maximum atomic E-state index is 12.4. The lowest BCUT2D eigenvalue weighted by atomic mass is 9.92. The fourth-order valence-corrected chi connectivity index (χ4v) is 3.19. The minimum atomic E-state index is -1.00. The van der Waals surface area contributed by atoms with Crippen LogP contribution in [0.3, 0.4) is 0 Å². The number of carbonyl (C=O) groups excluding carboxylic acids is 1. The van der Waals surface area contributed by atoms with E-state index in [1.165, 1.54) is 12.8 Å². The van der Waals surface area contributed by atoms with Crippen LogP contribution in [0.25, 0.3) is 0 Å². The van der Waals surface area contributed by atoms with Crippen molar-refractivity contribution in [2.75, 3.05) is 26.2 Å². The van der Waals surface area contributed by atoms with Gasteiger partial charge in [0.2, 0.25) is 5.91 Å². The van der Waals surface area contributed by atoms with Crippen LogP contribution in [0.2, 0.25) is 0 Å². The van der Waals surface area contributed by atoms with Crippen molar-refractivity contribution < 1.29 is 4.79 Å². The van der Waals surface area contributed by atoms with Gasteiger partial charge in [0.25, 0.3) is 0 Å². The summed E-state index contributed by atoms with van der Waals surface area (Å²) in [4.78, 5) is 14.8. The predicted octanol–water partition coefficient (Wildman–Crippen LogP) is 2.47. The van der Waals surface area contributed by atoms with Gasteiger partial charge in [-0.1, -0.05) is 35.0 Å². The number of halogens is 1. The highest BCUT2D eigenvalue weighted by Gasteiger charge is 2.30. The Kier molecular flexibility index (Phi) is 6.01. The van der Waals surface area contributed by atoms with Gasteiger partial charge >= 0.3 is 0 Å². The van der Waals surface area contributed by atoms with E-state index in [1.807, 2.05) is 24.3 Å². The lowest BCUT2D eigenvalue weighted by Crippen LogP contribution is -2.50. The summed E-state index contributed by atoms with van der Waals surface area (Å²) in [6, 6.07) is 7.58. The van der Waals surface area contributed by atoms with E-state index in [1.54, 1.807) is 6.92 Å². The van der Waals surface area contributed by atoms with Crippen molar-refractivity contribution in [3.63, 3.8) is 0 Å². The molecule has 122 valence electrons. The van der Waals surface area contributed by atoms with E-state index in [4.69, 9.17) is 5.73 Å². The van der Waals surface area contributed by atoms with Gasteiger partial charge in [-0.3, -0.25) is 4.79 Å². The van der Waals surface area contributed by atoms with Crippen molar-refractivity contribution in [2.24, 2.45) is 11.7 Å². The maximum absolute atomic E-state index is 12.4. The first kappa shape index (κ1) is 17.4. The van der Waals surface area contributed by atoms with Gasteiger partial charge in [-0.15, -0.1) is 0 Å². The molecule has 0 radical (unpaired) electrons. The Morgan fingerprint density at radius 3 is 2.77 bits per heavy atom. The average molecular weight is 368 g/mol. The molecule has 1 saturated heterocycles. The summed E-state index contributed by atoms with van der Waals surface area (Å²) in [5.74, 6) is 0.631. The van der Waals surface area contributed by atoms with Crippen LogP contribution in [0.4, 0.5) is 0 Å². The number of likely N-dealkylation sites (tertiary alicyclic amines) is 1. The van der Waals surface area contributed by atoms with E-state index in [0.29, 0.717) is 6.54 Å². The minimum absolute atomic E-state index is 0.125. The second-order valence-corrected chi connectivity index (χ2v) is 7.43. The lowest BCUT2D eigenvalue weighted by molar-refractivity contribution is -0.126. The normalized spacial score (nSPS) is 22.1. The Hall–Kier alpha value is -0.910. The van der Waals surface area contributed by atoms with Crippen molar-refractivity contribution in [2.45, 2.75) is 32.2 Å². The van der Waals surface area contributed by atoms with Gasteiger partial charge in [-0.2, -0.15) is 0 Å². The second kappa shape index (κ2) is 7.57. The molecule has 1 aliphatic rings. The van der Waals surface area contributed by atoms with E-state index in [-0.39, 0.29) is 5.91 Å². The van der Waals surface area contributed by atoms with Gasteiger partial charge in [0.1, 0.15) is 5.54 Å². The van der Waals surface area contributed by atoms with Crippen LogP contribution in [0.1, 0.15) is 32.3 Å². The Bertz CT molecular complexity index is 501. The van der Waals surface area contributed by atoms with Crippen molar-refractivity contribution in [3.05, 3.63) is 34.3 Å². The highest BCUT2D eigenvalue weighted by atomic mass is 79.9. The Balaban J connectivity index is 1.84. The SMILES string of the molecule is CC1CCCN(CCNC(=O)C(C)(N)c2ccc(Br)cc2)C1. The molecule has 4 nitrogen and oxygen atoms in total. The molecule has 1 aliphatic heterocycles. The smallest absolute Gasteiger partial charge is 0.244 e. The van der Waals surface area contributed by atoms with E-state index in [0.717, 1.165) is 35.6 Å². The van der Waals surface area contributed by atoms with E-state index >= 15 is 0 Å². The van der Waals surface area contributed by atoms with Crippen molar-refractivity contribution >= 4 is 21.8 Å². The molecule has 1 aromatic rings. The largest absolute Gasteiger partial charge is 0.353 e. The van der Waals surface area contributed by atoms with Gasteiger partial charge in [-0.05, 0) is 49.9 Å². The first-order chi connectivity index (χ1) is 10.4. The van der Waals surface area contributed by atoms with Crippen LogP contribution in [0.5, 0.6) is 0 Å². The molecule has 5 heteroatoms. The molecule has 3 N–H and O–H groups in total. The molecular weight excluding hydrogens is 342 g/mol. The third kappa shape index (κ3) is 4.54. The molecule has 0 aliphatic carbocycles. The van der Waals surface area contributed by atoms with E-state index in [2.05, 4.69) is 33.1 Å². The highest BCUT2D eigenvalue weighted by molar-refractivity contribution is 9.10. The fraction of sp³-hybridized carbons (Fsp3) is 0.588. The van der Waals surface area contributed by atoms with Gasteiger partial charge in [0.15, 0.2) is 0 Å². The fourth-order valence-electron chi connectivity index (χ4n) is 2.93. The standard InChI is InChI=1S/C17H26BrN3O/c1-13-4-3-10-21(12-13)11-9-20-16(22)17(2,19)14-5-7-15(18)8-6-14/h5-8,13H,3-4,9-12,19H2,1-2H3,(H,20,22). The first-order valence-electron chi connectivity index (χ1n) is 7.95. The number of benzene rings is 1. The predicted molar refractivity (Wildman–Crippen MR) is 93.5 cm³/mol. The summed E-state index contributed by atoms with van der Waals surface area (Å²) in [7, 11) is 0. The number of nitrogens with two attached hydrogens (primary N) is 1. The third-order valence-electron chi connectivity index (χ3n) is 4.37. The molecule has 22 heavy (non-hydrogen) atoms. The zero-order valence-electron chi connectivity index (χ0n) is 13.4. The molecule has 0 saturated carbocycles. The minimum Gasteiger partial charge on any atom is -0.353 e. The van der Waals surface area contributed by atoms with Crippen LogP contribution in [0, 0.1) is 5.92 Å². The van der Waals surface area contributed by atoms with Crippen molar-refractivity contribution in [1.82, 2.24) is 10.2 Å². The van der Waals surface area contributed by atoms with Gasteiger partial charge in [0, 0.05) is 24.1 Å². The number of rotatable bonds is 5. The van der Waals surface area contributed by atoms with Crippen LogP contribution in [0.15, 0.2) is 28.7 Å². The monoisotopic (exact) mass is 367 g/mol. The van der Waals surface area contributed by atoms with Gasteiger partial charge in [0.05, 0.1) is 0 Å². The topological polar surface area (TPSA) is 58.4 Å². The van der Waals surface area contributed by atoms with Crippen LogP contribution < -0.4 is 11.1 Å². The second-order valence-electron chi connectivity index (χ2n) is 6.51. The van der Waals surface area contributed by atoms with Crippen molar-refractivity contribution in [3.8, 4) is 0 Å². The maximum Gasteiger partial charge on any atom is 0.244 e. The summed E-state index contributed by atoms with van der Waals surface area (Å²) in [6.45, 7) is 7.85. The molecule has 1 fully saturated rings. The average Bonchev–Trinajstić information content (AvgIpc) is 2.47. The Morgan fingerprint density at radius 2 is 2.14 bits per heavy atom. The highest BCUT2D eigenvalue weighted by Crippen LogP contribution is 2.20. The van der Waals surface area contributed by atoms with Crippen LogP contribution in [-0.2, 0) is 10.3 Å². The van der Waals surface area contributed by atoms with Gasteiger partial charge in [-0.25, -0.2) is 0 Å². The number of nitrogens with zero attached hydrogens (tertiary/aromatic N) is 1. The molecule has 1 aromatic carbocycles. The molecule has 2 unspecified atom stereocenters. The van der Waals surface area contributed by atoms with E-state index in [9.17, 15) is 4.79 Å². The molecule has 1 amide bonds. The summed E-state index contributed by atoms with van der Waals surface area (Å²) in [5.41, 5.74) is 6.05. The summed E-state index contributed by atoms with van der Waals surface area (Å²) >= 11 is 3.39. The molecule has 0 aromatic heterocycles. The molecule has 0 spiro atoms. The summed E-state index contributed by atoms with van der Waals surface area (Å²) in [6.07, 6.45) is 2.57. The number of hydrogen-bond acceptors (Lipinski definition) is 3. The molecule has 2 rings (SSSR count). The number of piperidine rings is 1. The van der Waals surface area contributed by atoms with E-state index < -0.39 is 5.54 Å². The van der Waals surface area contributed by atoms with Crippen LogP contribution in [-0.4, -0.2) is 37.0 Å². The third-order valence-corrected chi connectivity index (χ3v) is 4.90. The molecule has 2 atom stereocenters. The number of hydrogen-bond donors (Lipinski definition) is 2. The molecule has 0 bridgehead atoms. The Morgan fingerprint density at radius 1 is 1.45 bits per heavy atom. The quantitative estimate of drug-likeness (QED) is 0.840. The first-order valence-corrected chi connectivity index (χ1v) is 8.74. The zero-order chi connectivity index (χ0) is 16.2. The lowest BCUT2D eigenvalue weighted by Gasteiger charge is -2.31. The van der Waals surface area contributed by atoms with Crippen LogP contribution >= 0.6 is 15.9 Å².